The fraction of sp³-hybridized carbons (Fsp3) is 0.269. The highest BCUT2D eigenvalue weighted by molar-refractivity contribution is 7.07. The van der Waals surface area contributed by atoms with E-state index in [1.54, 1.807) is 18.4 Å². The van der Waals surface area contributed by atoms with Crippen molar-refractivity contribution in [3.05, 3.63) is 102 Å². The monoisotopic (exact) mass is 446 g/mol. The Balaban J connectivity index is 1.94. The van der Waals surface area contributed by atoms with Crippen molar-refractivity contribution in [1.82, 2.24) is 4.57 Å². The van der Waals surface area contributed by atoms with Crippen molar-refractivity contribution in [2.75, 3.05) is 6.61 Å². The number of fused-ring (bicyclic) bond motifs is 1. The lowest BCUT2D eigenvalue weighted by atomic mass is 9.93. The summed E-state index contributed by atoms with van der Waals surface area (Å²) in [5.74, 6) is -0.0530. The summed E-state index contributed by atoms with van der Waals surface area (Å²) in [7, 11) is 0. The summed E-state index contributed by atoms with van der Waals surface area (Å²) in [4.78, 5) is 31.6. The molecular formula is C26H26N2O3S. The number of nitrogens with zero attached hydrogens (tertiary/aromatic N) is 2. The Hall–Kier alpha value is -3.25. The maximum atomic E-state index is 13.5. The standard InChI is InChI=1S/C26H26N2O3S/c1-5-31-25(30)22-17(4)27-26-28(23(22)20-13-11-19(12-14-20)16(2)3)24(29)21(32-26)15-18-9-7-6-8-10-18/h6-16,23H,5H2,1-4H3/b21-15-/t23-/m0/s1. The summed E-state index contributed by atoms with van der Waals surface area (Å²) in [5, 5.41) is 0. The van der Waals surface area contributed by atoms with E-state index < -0.39 is 12.0 Å². The summed E-state index contributed by atoms with van der Waals surface area (Å²) < 4.78 is 7.55. The van der Waals surface area contributed by atoms with Crippen LogP contribution in [0, 0.1) is 0 Å². The van der Waals surface area contributed by atoms with Crippen molar-refractivity contribution in [3.8, 4) is 0 Å². The molecule has 4 rings (SSSR count). The SMILES string of the molecule is CCOC(=O)C1=C(C)N=c2s/c(=C\c3ccccc3)c(=O)n2[C@H]1c1ccc(C(C)C)cc1. The lowest BCUT2D eigenvalue weighted by molar-refractivity contribution is -0.139. The number of aromatic nitrogens is 1. The molecule has 0 aliphatic carbocycles. The van der Waals surface area contributed by atoms with Crippen molar-refractivity contribution in [2.24, 2.45) is 4.99 Å². The molecule has 2 heterocycles. The predicted molar refractivity (Wildman–Crippen MR) is 127 cm³/mol. The number of rotatable bonds is 5. The van der Waals surface area contributed by atoms with Gasteiger partial charge in [0.25, 0.3) is 5.56 Å². The highest BCUT2D eigenvalue weighted by atomic mass is 32.1. The van der Waals surface area contributed by atoms with Gasteiger partial charge in [0.2, 0.25) is 0 Å². The van der Waals surface area contributed by atoms with Gasteiger partial charge in [0.05, 0.1) is 28.5 Å². The number of carbonyl (C=O) groups is 1. The number of hydrogen-bond donors (Lipinski definition) is 0. The van der Waals surface area contributed by atoms with E-state index in [9.17, 15) is 9.59 Å². The van der Waals surface area contributed by atoms with Crippen LogP contribution in [0.25, 0.3) is 6.08 Å². The molecule has 0 saturated carbocycles. The van der Waals surface area contributed by atoms with Crippen LogP contribution in [-0.4, -0.2) is 17.1 Å². The summed E-state index contributed by atoms with van der Waals surface area (Å²) in [5.41, 5.74) is 3.82. The number of carbonyl (C=O) groups excluding carboxylic acids is 1. The molecule has 1 aliphatic heterocycles. The van der Waals surface area contributed by atoms with Gasteiger partial charge in [-0.15, -0.1) is 0 Å². The summed E-state index contributed by atoms with van der Waals surface area (Å²) in [6, 6.07) is 17.2. The van der Waals surface area contributed by atoms with Crippen LogP contribution in [-0.2, 0) is 9.53 Å². The first-order chi connectivity index (χ1) is 15.4. The molecule has 1 atom stereocenters. The molecule has 0 N–H and O–H groups in total. The number of benzene rings is 2. The van der Waals surface area contributed by atoms with Gasteiger partial charge >= 0.3 is 5.97 Å². The third-order valence-electron chi connectivity index (χ3n) is 5.53. The molecule has 0 bridgehead atoms. The normalized spacial score (nSPS) is 16.2. The molecule has 0 radical (unpaired) electrons. The maximum absolute atomic E-state index is 13.5. The summed E-state index contributed by atoms with van der Waals surface area (Å²) in [6.07, 6.45) is 1.87. The van der Waals surface area contributed by atoms with Gasteiger partial charge in [-0.2, -0.15) is 0 Å². The Labute approximate surface area is 191 Å². The summed E-state index contributed by atoms with van der Waals surface area (Å²) in [6.45, 7) is 8.10. The molecule has 1 aromatic heterocycles. The Morgan fingerprint density at radius 1 is 1.16 bits per heavy atom. The first kappa shape index (κ1) is 22.0. The van der Waals surface area contributed by atoms with E-state index in [1.807, 2.05) is 48.5 Å². The quantitative estimate of drug-likeness (QED) is 0.558. The largest absolute Gasteiger partial charge is 0.463 e. The second-order valence-corrected chi connectivity index (χ2v) is 9.04. The van der Waals surface area contributed by atoms with Crippen LogP contribution in [0.2, 0.25) is 0 Å². The molecule has 2 aromatic carbocycles. The van der Waals surface area contributed by atoms with Crippen LogP contribution in [0.3, 0.4) is 0 Å². The number of esters is 1. The molecule has 0 spiro atoms. The van der Waals surface area contributed by atoms with E-state index in [2.05, 4.69) is 31.0 Å². The first-order valence-electron chi connectivity index (χ1n) is 10.7. The van der Waals surface area contributed by atoms with Crippen LogP contribution < -0.4 is 14.9 Å². The number of hydrogen-bond acceptors (Lipinski definition) is 5. The number of thiazole rings is 1. The molecule has 0 fully saturated rings. The fourth-order valence-electron chi connectivity index (χ4n) is 3.87. The zero-order chi connectivity index (χ0) is 22.8. The van der Waals surface area contributed by atoms with Gasteiger partial charge in [0, 0.05) is 0 Å². The van der Waals surface area contributed by atoms with E-state index in [4.69, 9.17) is 4.74 Å². The van der Waals surface area contributed by atoms with Crippen LogP contribution in [0.15, 0.2) is 75.7 Å². The fourth-order valence-corrected chi connectivity index (χ4v) is 4.92. The molecule has 0 saturated heterocycles. The van der Waals surface area contributed by atoms with Gasteiger partial charge in [-0.05, 0) is 42.5 Å². The molecule has 6 heteroatoms. The molecule has 164 valence electrons. The first-order valence-corrected chi connectivity index (χ1v) is 11.6. The minimum absolute atomic E-state index is 0.162. The van der Waals surface area contributed by atoms with Crippen LogP contribution >= 0.6 is 11.3 Å². The average molecular weight is 447 g/mol. The third kappa shape index (κ3) is 4.10. The number of ether oxygens (including phenoxy) is 1. The molecule has 1 aliphatic rings. The van der Waals surface area contributed by atoms with Crippen molar-refractivity contribution in [1.29, 1.82) is 0 Å². The third-order valence-corrected chi connectivity index (χ3v) is 6.52. The van der Waals surface area contributed by atoms with Crippen LogP contribution in [0.1, 0.15) is 56.3 Å². The van der Waals surface area contributed by atoms with E-state index in [0.29, 0.717) is 26.5 Å². The lowest BCUT2D eigenvalue weighted by Crippen LogP contribution is -2.39. The lowest BCUT2D eigenvalue weighted by Gasteiger charge is -2.25. The molecule has 5 nitrogen and oxygen atoms in total. The van der Waals surface area contributed by atoms with E-state index in [-0.39, 0.29) is 12.2 Å². The van der Waals surface area contributed by atoms with Gasteiger partial charge < -0.3 is 4.74 Å². The van der Waals surface area contributed by atoms with Crippen molar-refractivity contribution in [3.63, 3.8) is 0 Å². The molecule has 3 aromatic rings. The Morgan fingerprint density at radius 2 is 1.84 bits per heavy atom. The minimum atomic E-state index is -0.579. The van der Waals surface area contributed by atoms with E-state index >= 15 is 0 Å². The van der Waals surface area contributed by atoms with Gasteiger partial charge in [0.15, 0.2) is 4.80 Å². The van der Waals surface area contributed by atoms with Crippen molar-refractivity contribution in [2.45, 2.75) is 39.7 Å². The number of allylic oxidation sites excluding steroid dienone is 1. The minimum Gasteiger partial charge on any atom is -0.463 e. The molecular weight excluding hydrogens is 420 g/mol. The smallest absolute Gasteiger partial charge is 0.338 e. The van der Waals surface area contributed by atoms with Gasteiger partial charge in [-0.1, -0.05) is 79.8 Å². The van der Waals surface area contributed by atoms with Crippen molar-refractivity contribution >= 4 is 23.4 Å². The Bertz CT molecular complexity index is 1350. The molecule has 32 heavy (non-hydrogen) atoms. The second kappa shape index (κ2) is 9.09. The topological polar surface area (TPSA) is 60.7 Å². The van der Waals surface area contributed by atoms with E-state index in [1.165, 1.54) is 16.9 Å². The Morgan fingerprint density at radius 3 is 2.47 bits per heavy atom. The maximum Gasteiger partial charge on any atom is 0.338 e. The highest BCUT2D eigenvalue weighted by Gasteiger charge is 2.33. The Kier molecular flexibility index (Phi) is 6.24. The average Bonchev–Trinajstić information content (AvgIpc) is 3.08. The van der Waals surface area contributed by atoms with Gasteiger partial charge in [0.1, 0.15) is 0 Å². The summed E-state index contributed by atoms with van der Waals surface area (Å²) >= 11 is 1.34. The van der Waals surface area contributed by atoms with Crippen LogP contribution in [0.5, 0.6) is 0 Å². The van der Waals surface area contributed by atoms with Gasteiger partial charge in [-0.25, -0.2) is 9.79 Å². The second-order valence-electron chi connectivity index (χ2n) is 8.03. The van der Waals surface area contributed by atoms with Crippen molar-refractivity contribution < 1.29 is 9.53 Å². The zero-order valence-electron chi connectivity index (χ0n) is 18.7. The van der Waals surface area contributed by atoms with E-state index in [0.717, 1.165) is 11.1 Å². The molecule has 0 amide bonds. The molecule has 0 unspecified atom stereocenters. The van der Waals surface area contributed by atoms with Crippen LogP contribution in [0.4, 0.5) is 0 Å². The predicted octanol–water partition coefficient (Wildman–Crippen LogP) is 3.92. The van der Waals surface area contributed by atoms with Gasteiger partial charge in [-0.3, -0.25) is 9.36 Å². The zero-order valence-corrected chi connectivity index (χ0v) is 19.5. The highest BCUT2D eigenvalue weighted by Crippen LogP contribution is 2.31.